The topological polar surface area (TPSA) is 53.4 Å². The van der Waals surface area contributed by atoms with Crippen molar-refractivity contribution in [1.82, 2.24) is 20.2 Å². The minimum absolute atomic E-state index is 0.0476. The number of nitrogens with zero attached hydrogens (tertiary/aromatic N) is 4. The highest BCUT2D eigenvalue weighted by molar-refractivity contribution is 6.02. The van der Waals surface area contributed by atoms with E-state index in [1.165, 1.54) is 11.1 Å². The lowest BCUT2D eigenvalue weighted by Crippen LogP contribution is -2.36. The summed E-state index contributed by atoms with van der Waals surface area (Å²) in [5.74, 6) is 0. The molecule has 2 aliphatic rings. The van der Waals surface area contributed by atoms with Crippen LogP contribution in [0.25, 0.3) is 0 Å². The molecule has 2 aliphatic heterocycles. The quantitative estimate of drug-likeness (QED) is 0.855. The molecule has 19 heavy (non-hydrogen) atoms. The molecule has 0 fully saturated rings. The van der Waals surface area contributed by atoms with Gasteiger partial charge in [-0.3, -0.25) is 10.3 Å². The molecule has 0 spiro atoms. The first-order chi connectivity index (χ1) is 9.28. The van der Waals surface area contributed by atoms with E-state index in [4.69, 9.17) is 4.99 Å². The van der Waals surface area contributed by atoms with Crippen LogP contribution < -0.4 is 5.32 Å². The Labute approximate surface area is 112 Å². The number of rotatable bonds is 2. The Kier molecular flexibility index (Phi) is 3.13. The smallest absolute Gasteiger partial charge is 0.123 e. The Bertz CT molecular complexity index is 558. The van der Waals surface area contributed by atoms with Gasteiger partial charge in [-0.25, -0.2) is 9.97 Å². The lowest BCUT2D eigenvalue weighted by molar-refractivity contribution is 0.456. The molecule has 0 saturated carbocycles. The molecule has 0 amide bonds. The van der Waals surface area contributed by atoms with E-state index < -0.39 is 0 Å². The molecule has 1 aromatic rings. The van der Waals surface area contributed by atoms with Crippen LogP contribution in [0.1, 0.15) is 12.0 Å². The van der Waals surface area contributed by atoms with E-state index in [9.17, 15) is 0 Å². The van der Waals surface area contributed by atoms with E-state index in [2.05, 4.69) is 39.5 Å². The maximum Gasteiger partial charge on any atom is 0.123 e. The lowest BCUT2D eigenvalue weighted by atomic mass is 9.92. The Morgan fingerprint density at radius 1 is 1.32 bits per heavy atom. The summed E-state index contributed by atoms with van der Waals surface area (Å²) in [6.07, 6.45) is 10.4. The second kappa shape index (κ2) is 4.93. The summed E-state index contributed by atoms with van der Waals surface area (Å²) in [6, 6.07) is 0. The van der Waals surface area contributed by atoms with Crippen molar-refractivity contribution in [2.24, 2.45) is 4.99 Å². The third-order valence-corrected chi connectivity index (χ3v) is 3.50. The van der Waals surface area contributed by atoms with Crippen LogP contribution in [-0.2, 0) is 0 Å². The van der Waals surface area contributed by atoms with Crippen LogP contribution in [0.2, 0.25) is 0 Å². The van der Waals surface area contributed by atoms with Crippen molar-refractivity contribution in [1.29, 1.82) is 0 Å². The standard InChI is InChI=1S/C14H17N5/c1-15-14-12-8-19(2)4-3-10(12)5-13(18-14)11-6-16-9-17-7-11/h3-4,6-7,9,14-15H,5,8H2,1-2H3. The molecule has 0 aromatic carbocycles. The molecule has 1 aromatic heterocycles. The maximum atomic E-state index is 4.80. The SMILES string of the molecule is CNC1N=C(c2cncnc2)CC2=C1CN(C)C=C2. The summed E-state index contributed by atoms with van der Waals surface area (Å²) in [5.41, 5.74) is 4.76. The van der Waals surface area contributed by atoms with Gasteiger partial charge in [-0.15, -0.1) is 0 Å². The summed E-state index contributed by atoms with van der Waals surface area (Å²) < 4.78 is 0. The van der Waals surface area contributed by atoms with Crippen LogP contribution in [0.15, 0.2) is 47.1 Å². The fraction of sp³-hybridized carbons (Fsp3) is 0.357. The van der Waals surface area contributed by atoms with E-state index in [1.54, 1.807) is 6.33 Å². The number of hydrogen-bond donors (Lipinski definition) is 1. The molecule has 1 atom stereocenters. The predicted octanol–water partition coefficient (Wildman–Crippen LogP) is 0.971. The van der Waals surface area contributed by atoms with Crippen molar-refractivity contribution < 1.29 is 0 Å². The fourth-order valence-corrected chi connectivity index (χ4v) is 2.51. The zero-order valence-corrected chi connectivity index (χ0v) is 11.2. The average Bonchev–Trinajstić information content (AvgIpc) is 2.47. The van der Waals surface area contributed by atoms with Crippen molar-refractivity contribution in [2.75, 3.05) is 20.6 Å². The molecular weight excluding hydrogens is 238 g/mol. The summed E-state index contributed by atoms with van der Waals surface area (Å²) in [6.45, 7) is 0.930. The van der Waals surface area contributed by atoms with Crippen LogP contribution in [0.5, 0.6) is 0 Å². The van der Waals surface area contributed by atoms with Gasteiger partial charge >= 0.3 is 0 Å². The van der Waals surface area contributed by atoms with Crippen LogP contribution >= 0.6 is 0 Å². The Morgan fingerprint density at radius 3 is 2.84 bits per heavy atom. The van der Waals surface area contributed by atoms with Crippen molar-refractivity contribution >= 4 is 5.71 Å². The summed E-state index contributed by atoms with van der Waals surface area (Å²) in [4.78, 5) is 15.1. The summed E-state index contributed by atoms with van der Waals surface area (Å²) in [7, 11) is 4.03. The van der Waals surface area contributed by atoms with Gasteiger partial charge in [0.25, 0.3) is 0 Å². The second-order valence-electron chi connectivity index (χ2n) is 4.85. The van der Waals surface area contributed by atoms with Crippen LogP contribution in [0.3, 0.4) is 0 Å². The Balaban J connectivity index is 1.94. The fourth-order valence-electron chi connectivity index (χ4n) is 2.51. The molecule has 5 nitrogen and oxygen atoms in total. The van der Waals surface area contributed by atoms with Crippen LogP contribution in [0, 0.1) is 0 Å². The van der Waals surface area contributed by atoms with Crippen molar-refractivity contribution in [3.63, 3.8) is 0 Å². The summed E-state index contributed by atoms with van der Waals surface area (Å²) in [5, 5.41) is 3.28. The molecule has 0 saturated heterocycles. The number of aromatic nitrogens is 2. The van der Waals surface area contributed by atoms with Gasteiger partial charge in [0.05, 0.1) is 5.71 Å². The average molecular weight is 255 g/mol. The van der Waals surface area contributed by atoms with Gasteiger partial charge < -0.3 is 4.90 Å². The van der Waals surface area contributed by atoms with Crippen molar-refractivity contribution in [3.8, 4) is 0 Å². The molecule has 3 rings (SSSR count). The van der Waals surface area contributed by atoms with Crippen LogP contribution in [-0.4, -0.2) is 47.4 Å². The number of dihydropyridines is 1. The van der Waals surface area contributed by atoms with E-state index >= 15 is 0 Å². The molecule has 0 aliphatic carbocycles. The molecule has 5 heteroatoms. The molecule has 0 radical (unpaired) electrons. The van der Waals surface area contributed by atoms with Gasteiger partial charge in [0.15, 0.2) is 0 Å². The van der Waals surface area contributed by atoms with Crippen LogP contribution in [0.4, 0.5) is 0 Å². The van der Waals surface area contributed by atoms with E-state index in [0.717, 1.165) is 24.2 Å². The number of nitrogens with one attached hydrogen (secondary N) is 1. The second-order valence-corrected chi connectivity index (χ2v) is 4.85. The number of hydrogen-bond acceptors (Lipinski definition) is 5. The highest BCUT2D eigenvalue weighted by Gasteiger charge is 2.25. The molecular formula is C14H17N5. The zero-order valence-electron chi connectivity index (χ0n) is 11.2. The van der Waals surface area contributed by atoms with Gasteiger partial charge in [-0.1, -0.05) is 0 Å². The normalized spacial score (nSPS) is 22.3. The largest absolute Gasteiger partial charge is 0.376 e. The molecule has 98 valence electrons. The van der Waals surface area contributed by atoms with E-state index in [0.29, 0.717) is 0 Å². The van der Waals surface area contributed by atoms with Gasteiger partial charge in [0, 0.05) is 38.0 Å². The summed E-state index contributed by atoms with van der Waals surface area (Å²) >= 11 is 0. The van der Waals surface area contributed by atoms with Crippen molar-refractivity contribution in [2.45, 2.75) is 12.6 Å². The van der Waals surface area contributed by atoms with E-state index in [1.807, 2.05) is 19.4 Å². The predicted molar refractivity (Wildman–Crippen MR) is 74.8 cm³/mol. The Morgan fingerprint density at radius 2 is 2.11 bits per heavy atom. The monoisotopic (exact) mass is 255 g/mol. The van der Waals surface area contributed by atoms with Gasteiger partial charge in [-0.2, -0.15) is 0 Å². The highest BCUT2D eigenvalue weighted by atomic mass is 15.1. The number of aliphatic imine (C=N–C) groups is 1. The first kappa shape index (κ1) is 12.0. The minimum Gasteiger partial charge on any atom is -0.376 e. The van der Waals surface area contributed by atoms with Gasteiger partial charge in [-0.05, 0) is 30.5 Å². The van der Waals surface area contributed by atoms with Gasteiger partial charge in [0.1, 0.15) is 12.5 Å². The van der Waals surface area contributed by atoms with E-state index in [-0.39, 0.29) is 6.17 Å². The first-order valence-electron chi connectivity index (χ1n) is 6.37. The third-order valence-electron chi connectivity index (χ3n) is 3.50. The molecule has 3 heterocycles. The Hall–Kier alpha value is -2.01. The minimum atomic E-state index is 0.0476. The lowest BCUT2D eigenvalue weighted by Gasteiger charge is -2.31. The molecule has 1 N–H and O–H groups in total. The molecule has 0 bridgehead atoms. The number of allylic oxidation sites excluding steroid dienone is 2. The zero-order chi connectivity index (χ0) is 13.2. The molecule has 1 unspecified atom stereocenters. The third kappa shape index (κ3) is 2.29. The number of likely N-dealkylation sites (N-methyl/N-ethyl adjacent to an activating group) is 2. The first-order valence-corrected chi connectivity index (χ1v) is 6.37. The highest BCUT2D eigenvalue weighted by Crippen LogP contribution is 2.27. The maximum absolute atomic E-state index is 4.80. The van der Waals surface area contributed by atoms with Gasteiger partial charge in [0.2, 0.25) is 0 Å². The van der Waals surface area contributed by atoms with Crippen molar-refractivity contribution in [3.05, 3.63) is 47.7 Å².